The first-order valence-electron chi connectivity index (χ1n) is 5.47. The van der Waals surface area contributed by atoms with E-state index in [1.807, 2.05) is 0 Å². The Morgan fingerprint density at radius 1 is 1.44 bits per heavy atom. The lowest BCUT2D eigenvalue weighted by atomic mass is 9.80. The fourth-order valence-corrected chi connectivity index (χ4v) is 2.88. The number of aromatic amines is 1. The van der Waals surface area contributed by atoms with Gasteiger partial charge in [0.15, 0.2) is 5.69 Å². The molecule has 0 unspecified atom stereocenters. The van der Waals surface area contributed by atoms with Crippen molar-refractivity contribution < 1.29 is 9.53 Å². The summed E-state index contributed by atoms with van der Waals surface area (Å²) in [4.78, 5) is 14.0. The van der Waals surface area contributed by atoms with Crippen LogP contribution in [0.15, 0.2) is 0 Å². The SMILES string of the molecule is COC(=O)c1n[nH]nc1C12CCN(CC1)C2. The molecule has 16 heavy (non-hydrogen) atoms. The number of aromatic nitrogens is 3. The van der Waals surface area contributed by atoms with Gasteiger partial charge in [-0.2, -0.15) is 10.3 Å². The highest BCUT2D eigenvalue weighted by Gasteiger charge is 2.48. The molecule has 6 nitrogen and oxygen atoms in total. The molecule has 2 aliphatic rings. The van der Waals surface area contributed by atoms with E-state index in [-0.39, 0.29) is 5.41 Å². The molecule has 1 aromatic heterocycles. The van der Waals surface area contributed by atoms with Crippen molar-refractivity contribution in [2.75, 3.05) is 26.7 Å². The number of methoxy groups -OCH3 is 1. The monoisotopic (exact) mass is 222 g/mol. The number of nitrogens with zero attached hydrogens (tertiary/aromatic N) is 3. The summed E-state index contributed by atoms with van der Waals surface area (Å²) in [7, 11) is 1.37. The van der Waals surface area contributed by atoms with Gasteiger partial charge in [-0.3, -0.25) is 0 Å². The molecule has 0 atom stereocenters. The van der Waals surface area contributed by atoms with E-state index in [0.717, 1.165) is 38.2 Å². The molecule has 1 aromatic rings. The minimum Gasteiger partial charge on any atom is -0.464 e. The van der Waals surface area contributed by atoms with E-state index >= 15 is 0 Å². The van der Waals surface area contributed by atoms with E-state index in [2.05, 4.69) is 20.3 Å². The predicted molar refractivity (Wildman–Crippen MR) is 55.1 cm³/mol. The van der Waals surface area contributed by atoms with Gasteiger partial charge in [-0.15, -0.1) is 5.10 Å². The Kier molecular flexibility index (Phi) is 2.00. The molecular formula is C10H14N4O2. The van der Waals surface area contributed by atoms with Gasteiger partial charge in [0.05, 0.1) is 7.11 Å². The topological polar surface area (TPSA) is 71.1 Å². The number of nitrogens with one attached hydrogen (secondary N) is 1. The van der Waals surface area contributed by atoms with Gasteiger partial charge in [-0.25, -0.2) is 4.79 Å². The molecule has 1 N–H and O–H groups in total. The van der Waals surface area contributed by atoms with Crippen molar-refractivity contribution in [2.24, 2.45) is 0 Å². The van der Waals surface area contributed by atoms with Crippen LogP contribution in [0.3, 0.4) is 0 Å². The van der Waals surface area contributed by atoms with Crippen LogP contribution in [-0.4, -0.2) is 53.0 Å². The lowest BCUT2D eigenvalue weighted by Gasteiger charge is -2.22. The highest BCUT2D eigenvalue weighted by Crippen LogP contribution is 2.43. The molecule has 0 aliphatic carbocycles. The van der Waals surface area contributed by atoms with Gasteiger partial charge < -0.3 is 9.64 Å². The van der Waals surface area contributed by atoms with Gasteiger partial charge in [0.2, 0.25) is 0 Å². The van der Waals surface area contributed by atoms with Crippen molar-refractivity contribution in [3.8, 4) is 0 Å². The van der Waals surface area contributed by atoms with Crippen molar-refractivity contribution >= 4 is 5.97 Å². The normalized spacial score (nSPS) is 31.9. The summed E-state index contributed by atoms with van der Waals surface area (Å²) >= 11 is 0. The fourth-order valence-electron chi connectivity index (χ4n) is 2.88. The van der Waals surface area contributed by atoms with Crippen LogP contribution >= 0.6 is 0 Å². The van der Waals surface area contributed by atoms with Crippen LogP contribution in [0, 0.1) is 0 Å². The number of carbonyl (C=O) groups excluding carboxylic acids is 1. The molecule has 6 heteroatoms. The molecule has 2 aliphatic heterocycles. The van der Waals surface area contributed by atoms with E-state index in [1.165, 1.54) is 7.11 Å². The van der Waals surface area contributed by atoms with Gasteiger partial charge >= 0.3 is 5.97 Å². The van der Waals surface area contributed by atoms with Crippen LogP contribution < -0.4 is 0 Å². The molecule has 2 bridgehead atoms. The van der Waals surface area contributed by atoms with Crippen LogP contribution in [0.1, 0.15) is 29.0 Å². The Morgan fingerprint density at radius 2 is 2.19 bits per heavy atom. The van der Waals surface area contributed by atoms with Gasteiger partial charge in [0.25, 0.3) is 0 Å². The Balaban J connectivity index is 2.00. The van der Waals surface area contributed by atoms with Gasteiger partial charge in [0.1, 0.15) is 5.69 Å². The Hall–Kier alpha value is -1.43. The Labute approximate surface area is 93.0 Å². The summed E-state index contributed by atoms with van der Waals surface area (Å²) in [6.07, 6.45) is 2.12. The van der Waals surface area contributed by atoms with E-state index in [0.29, 0.717) is 5.69 Å². The maximum atomic E-state index is 11.6. The van der Waals surface area contributed by atoms with E-state index in [1.54, 1.807) is 0 Å². The van der Waals surface area contributed by atoms with Crippen LogP contribution in [0.2, 0.25) is 0 Å². The van der Waals surface area contributed by atoms with Crippen LogP contribution in [-0.2, 0) is 10.2 Å². The second kappa shape index (κ2) is 3.28. The molecular weight excluding hydrogens is 208 g/mol. The third-order valence-corrected chi connectivity index (χ3v) is 3.77. The number of carbonyl (C=O) groups is 1. The van der Waals surface area contributed by atoms with Gasteiger partial charge in [0, 0.05) is 12.0 Å². The van der Waals surface area contributed by atoms with E-state index in [9.17, 15) is 4.79 Å². The Morgan fingerprint density at radius 3 is 2.75 bits per heavy atom. The molecule has 0 saturated carbocycles. The van der Waals surface area contributed by atoms with E-state index in [4.69, 9.17) is 4.74 Å². The van der Waals surface area contributed by atoms with Crippen molar-refractivity contribution in [1.82, 2.24) is 20.3 Å². The highest BCUT2D eigenvalue weighted by molar-refractivity contribution is 5.88. The number of H-pyrrole nitrogens is 1. The second-order valence-electron chi connectivity index (χ2n) is 4.57. The average molecular weight is 222 g/mol. The van der Waals surface area contributed by atoms with Crippen LogP contribution in [0.25, 0.3) is 0 Å². The number of rotatable bonds is 2. The molecule has 3 heterocycles. The summed E-state index contributed by atoms with van der Waals surface area (Å²) < 4.78 is 4.72. The zero-order chi connectivity index (χ0) is 11.2. The summed E-state index contributed by atoms with van der Waals surface area (Å²) in [5.41, 5.74) is 1.17. The van der Waals surface area contributed by atoms with Crippen molar-refractivity contribution in [1.29, 1.82) is 0 Å². The van der Waals surface area contributed by atoms with E-state index < -0.39 is 5.97 Å². The molecule has 0 aromatic carbocycles. The number of piperidine rings is 1. The van der Waals surface area contributed by atoms with Crippen LogP contribution in [0.5, 0.6) is 0 Å². The molecule has 0 radical (unpaired) electrons. The molecule has 2 fully saturated rings. The van der Waals surface area contributed by atoms with Crippen molar-refractivity contribution in [3.05, 3.63) is 11.4 Å². The van der Waals surface area contributed by atoms with Gasteiger partial charge in [-0.05, 0) is 25.9 Å². The van der Waals surface area contributed by atoms with Crippen molar-refractivity contribution in [2.45, 2.75) is 18.3 Å². The number of esters is 1. The summed E-state index contributed by atoms with van der Waals surface area (Å²) in [6, 6.07) is 0. The first-order valence-corrected chi connectivity index (χ1v) is 5.47. The number of ether oxygens (including phenoxy) is 1. The zero-order valence-electron chi connectivity index (χ0n) is 9.19. The molecule has 86 valence electrons. The minimum absolute atomic E-state index is 0.0243. The highest BCUT2D eigenvalue weighted by atomic mass is 16.5. The summed E-state index contributed by atoms with van der Waals surface area (Å²) in [5.74, 6) is -0.400. The first-order chi connectivity index (χ1) is 7.75. The average Bonchev–Trinajstić information content (AvgIpc) is 3.02. The third-order valence-electron chi connectivity index (χ3n) is 3.77. The largest absolute Gasteiger partial charge is 0.464 e. The third kappa shape index (κ3) is 1.19. The first kappa shape index (κ1) is 9.77. The van der Waals surface area contributed by atoms with Crippen molar-refractivity contribution in [3.63, 3.8) is 0 Å². The fraction of sp³-hybridized carbons (Fsp3) is 0.700. The molecule has 0 spiro atoms. The molecule has 2 saturated heterocycles. The summed E-state index contributed by atoms with van der Waals surface area (Å²) in [6.45, 7) is 3.17. The quantitative estimate of drug-likeness (QED) is 0.710. The smallest absolute Gasteiger partial charge is 0.360 e. The Bertz CT molecular complexity index is 420. The second-order valence-corrected chi connectivity index (χ2v) is 4.57. The minimum atomic E-state index is -0.400. The number of hydrogen-bond acceptors (Lipinski definition) is 5. The van der Waals surface area contributed by atoms with Crippen LogP contribution in [0.4, 0.5) is 0 Å². The maximum Gasteiger partial charge on any atom is 0.360 e. The van der Waals surface area contributed by atoms with Gasteiger partial charge in [-0.1, -0.05) is 0 Å². The molecule has 3 rings (SSSR count). The number of hydrogen-bond donors (Lipinski definition) is 1. The lowest BCUT2D eigenvalue weighted by Crippen LogP contribution is -2.27. The lowest BCUT2D eigenvalue weighted by molar-refractivity contribution is 0.0590. The maximum absolute atomic E-state index is 11.6. The zero-order valence-corrected chi connectivity index (χ0v) is 9.19. The predicted octanol–water partition coefficient (Wildman–Crippen LogP) is -0.0615. The summed E-state index contributed by atoms with van der Waals surface area (Å²) in [5, 5.41) is 10.6. The molecule has 0 amide bonds. The number of fused-ring (bicyclic) bond motifs is 2. The standard InChI is InChI=1S/C10H14N4O2/c1-16-9(15)7-8(12-13-11-7)10-2-4-14(6-10)5-3-10/h2-6H2,1H3,(H,11,12,13).